The van der Waals surface area contributed by atoms with Gasteiger partial charge in [0.2, 0.25) is 0 Å². The van der Waals surface area contributed by atoms with Crippen LogP contribution in [0.5, 0.6) is 0 Å². The first kappa shape index (κ1) is 14.2. The minimum Gasteiger partial charge on any atom is -0.126 e. The number of halogens is 3. The molecule has 18 heavy (non-hydrogen) atoms. The summed E-state index contributed by atoms with van der Waals surface area (Å²) >= 11 is 14.6. The van der Waals surface area contributed by atoms with Crippen LogP contribution in [-0.2, 0) is 6.42 Å². The molecular formula is C15H13Cl2I. The average molecular weight is 391 g/mol. The number of alkyl halides is 1. The molecule has 0 aliphatic heterocycles. The normalized spacial score (nSPS) is 12.4. The Labute approximate surface area is 131 Å². The van der Waals surface area contributed by atoms with Crippen LogP contribution in [0.15, 0.2) is 48.5 Å². The molecule has 0 heterocycles. The van der Waals surface area contributed by atoms with Gasteiger partial charge in [0.1, 0.15) is 0 Å². The summed E-state index contributed by atoms with van der Waals surface area (Å²) in [6, 6.07) is 16.5. The molecule has 0 nitrogen and oxygen atoms in total. The Hall–Kier alpha value is -0.250. The predicted molar refractivity (Wildman–Crippen MR) is 87.8 cm³/mol. The molecule has 0 fully saturated rings. The topological polar surface area (TPSA) is 0 Å². The van der Waals surface area contributed by atoms with E-state index in [9.17, 15) is 0 Å². The van der Waals surface area contributed by atoms with Crippen LogP contribution in [-0.4, -0.2) is 5.88 Å². The van der Waals surface area contributed by atoms with Gasteiger partial charge in [-0.15, -0.1) is 11.6 Å². The molecule has 2 aromatic rings. The lowest BCUT2D eigenvalue weighted by atomic mass is 9.93. The van der Waals surface area contributed by atoms with E-state index in [0.717, 1.165) is 17.0 Å². The van der Waals surface area contributed by atoms with Gasteiger partial charge in [-0.05, 0) is 58.3 Å². The van der Waals surface area contributed by atoms with E-state index in [-0.39, 0.29) is 5.92 Å². The van der Waals surface area contributed by atoms with Crippen LogP contribution in [0.1, 0.15) is 17.0 Å². The fourth-order valence-electron chi connectivity index (χ4n) is 1.96. The molecule has 0 saturated carbocycles. The van der Waals surface area contributed by atoms with E-state index in [0.29, 0.717) is 5.88 Å². The van der Waals surface area contributed by atoms with Gasteiger partial charge in [0, 0.05) is 20.4 Å². The minimum absolute atomic E-state index is 0.264. The zero-order valence-electron chi connectivity index (χ0n) is 9.74. The fourth-order valence-corrected chi connectivity index (χ4v) is 2.88. The molecule has 0 amide bonds. The quantitative estimate of drug-likeness (QED) is 0.477. The fraction of sp³-hybridized carbons (Fsp3) is 0.200. The predicted octanol–water partition coefficient (Wildman–Crippen LogP) is 5.51. The third kappa shape index (κ3) is 3.62. The van der Waals surface area contributed by atoms with Crippen molar-refractivity contribution in [3.05, 3.63) is 68.3 Å². The van der Waals surface area contributed by atoms with Crippen molar-refractivity contribution in [2.75, 3.05) is 5.88 Å². The van der Waals surface area contributed by atoms with Crippen LogP contribution >= 0.6 is 45.8 Å². The molecule has 0 spiro atoms. The summed E-state index contributed by atoms with van der Waals surface area (Å²) in [5, 5.41) is 0.800. The molecule has 0 aliphatic rings. The summed E-state index contributed by atoms with van der Waals surface area (Å²) in [5.41, 5.74) is 2.42. The van der Waals surface area contributed by atoms with Gasteiger partial charge < -0.3 is 0 Å². The van der Waals surface area contributed by atoms with Crippen molar-refractivity contribution in [2.45, 2.75) is 12.3 Å². The average Bonchev–Trinajstić information content (AvgIpc) is 2.39. The number of benzene rings is 2. The second kappa shape index (κ2) is 6.78. The molecule has 1 atom stereocenters. The Morgan fingerprint density at radius 3 is 2.28 bits per heavy atom. The van der Waals surface area contributed by atoms with E-state index >= 15 is 0 Å². The van der Waals surface area contributed by atoms with Crippen molar-refractivity contribution in [3.63, 3.8) is 0 Å². The van der Waals surface area contributed by atoms with Crippen molar-refractivity contribution in [3.8, 4) is 0 Å². The van der Waals surface area contributed by atoms with Crippen LogP contribution in [0.25, 0.3) is 0 Å². The molecule has 2 rings (SSSR count). The van der Waals surface area contributed by atoms with Crippen LogP contribution in [0.3, 0.4) is 0 Å². The Bertz CT molecular complexity index is 508. The van der Waals surface area contributed by atoms with Crippen LogP contribution < -0.4 is 0 Å². The van der Waals surface area contributed by atoms with Crippen LogP contribution in [0.4, 0.5) is 0 Å². The van der Waals surface area contributed by atoms with E-state index in [1.54, 1.807) is 0 Å². The third-order valence-electron chi connectivity index (χ3n) is 2.93. The molecule has 0 radical (unpaired) electrons. The zero-order valence-corrected chi connectivity index (χ0v) is 13.4. The Kier molecular flexibility index (Phi) is 5.34. The highest BCUT2D eigenvalue weighted by Gasteiger charge is 2.14. The van der Waals surface area contributed by atoms with Crippen LogP contribution in [0.2, 0.25) is 5.02 Å². The van der Waals surface area contributed by atoms with Gasteiger partial charge in [-0.2, -0.15) is 0 Å². The minimum atomic E-state index is 0.264. The van der Waals surface area contributed by atoms with E-state index in [2.05, 4.69) is 52.9 Å². The third-order valence-corrected chi connectivity index (χ3v) is 4.36. The summed E-state index contributed by atoms with van der Waals surface area (Å²) in [6.45, 7) is 0. The number of hydrogen-bond acceptors (Lipinski definition) is 0. The van der Waals surface area contributed by atoms with Crippen LogP contribution in [0, 0.1) is 3.57 Å². The maximum atomic E-state index is 6.23. The second-order valence-electron chi connectivity index (χ2n) is 4.20. The summed E-state index contributed by atoms with van der Waals surface area (Å²) in [5.74, 6) is 0.843. The SMILES string of the molecule is ClCC(Cc1ccc(I)cc1)c1ccccc1Cl. The molecule has 2 aromatic carbocycles. The number of hydrogen-bond donors (Lipinski definition) is 0. The summed E-state index contributed by atoms with van der Waals surface area (Å²) in [4.78, 5) is 0. The molecule has 0 bridgehead atoms. The van der Waals surface area contributed by atoms with E-state index in [1.807, 2.05) is 18.2 Å². The van der Waals surface area contributed by atoms with Gasteiger partial charge in [0.15, 0.2) is 0 Å². The van der Waals surface area contributed by atoms with Gasteiger partial charge in [-0.3, -0.25) is 0 Å². The summed E-state index contributed by atoms with van der Waals surface area (Å²) in [7, 11) is 0. The molecule has 0 aliphatic carbocycles. The smallest absolute Gasteiger partial charge is 0.0441 e. The lowest BCUT2D eigenvalue weighted by molar-refractivity contribution is 0.766. The highest BCUT2D eigenvalue weighted by molar-refractivity contribution is 14.1. The Morgan fingerprint density at radius 2 is 1.67 bits per heavy atom. The highest BCUT2D eigenvalue weighted by Crippen LogP contribution is 2.28. The lowest BCUT2D eigenvalue weighted by Gasteiger charge is -2.16. The monoisotopic (exact) mass is 390 g/mol. The van der Waals surface area contributed by atoms with E-state index in [1.165, 1.54) is 9.13 Å². The van der Waals surface area contributed by atoms with E-state index in [4.69, 9.17) is 23.2 Å². The van der Waals surface area contributed by atoms with E-state index < -0.39 is 0 Å². The maximum absolute atomic E-state index is 6.23. The van der Waals surface area contributed by atoms with Crippen molar-refractivity contribution in [1.29, 1.82) is 0 Å². The highest BCUT2D eigenvalue weighted by atomic mass is 127. The lowest BCUT2D eigenvalue weighted by Crippen LogP contribution is -2.05. The Morgan fingerprint density at radius 1 is 1.00 bits per heavy atom. The maximum Gasteiger partial charge on any atom is 0.0441 e. The van der Waals surface area contributed by atoms with Crippen molar-refractivity contribution in [2.24, 2.45) is 0 Å². The standard InChI is InChI=1S/C15H13Cl2I/c16-10-12(14-3-1-2-4-15(14)17)9-11-5-7-13(18)8-6-11/h1-8,12H,9-10H2. The molecule has 94 valence electrons. The van der Waals surface area contributed by atoms with Crippen molar-refractivity contribution in [1.82, 2.24) is 0 Å². The second-order valence-corrected chi connectivity index (χ2v) is 6.16. The van der Waals surface area contributed by atoms with Gasteiger partial charge in [0.25, 0.3) is 0 Å². The first-order valence-corrected chi connectivity index (χ1v) is 7.74. The molecular weight excluding hydrogens is 378 g/mol. The summed E-state index contributed by atoms with van der Waals surface area (Å²) in [6.07, 6.45) is 0.921. The van der Waals surface area contributed by atoms with Gasteiger partial charge in [-0.25, -0.2) is 0 Å². The number of rotatable bonds is 4. The van der Waals surface area contributed by atoms with Gasteiger partial charge in [0.05, 0.1) is 0 Å². The molecule has 0 aromatic heterocycles. The largest absolute Gasteiger partial charge is 0.126 e. The summed E-state index contributed by atoms with van der Waals surface area (Å²) < 4.78 is 1.25. The molecule has 0 N–H and O–H groups in total. The van der Waals surface area contributed by atoms with Crippen molar-refractivity contribution < 1.29 is 0 Å². The van der Waals surface area contributed by atoms with Gasteiger partial charge in [-0.1, -0.05) is 41.9 Å². The first-order valence-electron chi connectivity index (χ1n) is 5.75. The molecule has 3 heteroatoms. The molecule has 1 unspecified atom stereocenters. The van der Waals surface area contributed by atoms with Crippen molar-refractivity contribution >= 4 is 45.8 Å². The molecule has 0 saturated heterocycles. The first-order chi connectivity index (χ1) is 8.70. The van der Waals surface area contributed by atoms with Gasteiger partial charge >= 0.3 is 0 Å². The Balaban J connectivity index is 2.20. The zero-order chi connectivity index (χ0) is 13.0.